The number of rotatable bonds is 1. The lowest BCUT2D eigenvalue weighted by molar-refractivity contribution is 0.0694. The van der Waals surface area contributed by atoms with E-state index in [9.17, 15) is 4.79 Å². The summed E-state index contributed by atoms with van der Waals surface area (Å²) in [7, 11) is 1.63. The minimum atomic E-state index is -0.708. The first-order valence-electron chi connectivity index (χ1n) is 2.54. The van der Waals surface area contributed by atoms with Crippen LogP contribution in [-0.2, 0) is 7.05 Å². The number of aryl methyl sites for hydroxylation is 1. The van der Waals surface area contributed by atoms with E-state index in [0.717, 1.165) is 0 Å². The predicted molar refractivity (Wildman–Crippen MR) is 30.3 cm³/mol. The zero-order chi connectivity index (χ0) is 7.56. The molecule has 1 heterocycles. The molecule has 0 atom stereocenters. The Morgan fingerprint density at radius 2 is 2.60 bits per heavy atom. The van der Waals surface area contributed by atoms with E-state index in [1.54, 1.807) is 7.05 Å². The molecular formula is C4H6N4O2. The standard InChI is InChI=1S/C4H6N4O2/c1-8-2-5-3(6-8)4(9)7-10/h2,10H,1H3,(H,7,9). The number of amides is 1. The lowest BCUT2D eigenvalue weighted by Gasteiger charge is -1.87. The highest BCUT2D eigenvalue weighted by molar-refractivity contribution is 5.89. The van der Waals surface area contributed by atoms with Crippen molar-refractivity contribution in [2.45, 2.75) is 0 Å². The molecule has 10 heavy (non-hydrogen) atoms. The fourth-order valence-corrected chi connectivity index (χ4v) is 0.493. The molecule has 1 rings (SSSR count). The number of nitrogens with one attached hydrogen (secondary N) is 1. The monoisotopic (exact) mass is 142 g/mol. The number of hydrogen-bond donors (Lipinski definition) is 2. The van der Waals surface area contributed by atoms with Crippen LogP contribution >= 0.6 is 0 Å². The van der Waals surface area contributed by atoms with Gasteiger partial charge in [0.1, 0.15) is 6.33 Å². The van der Waals surface area contributed by atoms with Crippen LogP contribution in [0.15, 0.2) is 6.33 Å². The van der Waals surface area contributed by atoms with Gasteiger partial charge >= 0.3 is 5.91 Å². The number of nitrogens with zero attached hydrogens (tertiary/aromatic N) is 3. The molecule has 2 N–H and O–H groups in total. The van der Waals surface area contributed by atoms with Gasteiger partial charge in [0, 0.05) is 7.05 Å². The zero-order valence-corrected chi connectivity index (χ0v) is 5.27. The molecule has 0 aromatic carbocycles. The lowest BCUT2D eigenvalue weighted by atomic mass is 10.6. The summed E-state index contributed by atoms with van der Waals surface area (Å²) in [4.78, 5) is 14.1. The second-order valence-electron chi connectivity index (χ2n) is 1.68. The molecule has 1 aromatic heterocycles. The van der Waals surface area contributed by atoms with Gasteiger partial charge in [-0.2, -0.15) is 0 Å². The molecule has 1 aromatic rings. The van der Waals surface area contributed by atoms with E-state index in [2.05, 4.69) is 10.1 Å². The maximum Gasteiger partial charge on any atom is 0.314 e. The number of hydroxylamine groups is 1. The van der Waals surface area contributed by atoms with E-state index in [4.69, 9.17) is 5.21 Å². The Morgan fingerprint density at radius 3 is 3.00 bits per heavy atom. The molecule has 6 heteroatoms. The van der Waals surface area contributed by atoms with Crippen molar-refractivity contribution in [1.82, 2.24) is 20.2 Å². The SMILES string of the molecule is Cn1cnc(C(=O)NO)n1. The summed E-state index contributed by atoms with van der Waals surface area (Å²) < 4.78 is 1.37. The third-order valence-corrected chi connectivity index (χ3v) is 0.904. The van der Waals surface area contributed by atoms with Gasteiger partial charge in [-0.3, -0.25) is 14.7 Å². The van der Waals surface area contributed by atoms with Crippen molar-refractivity contribution in [3.8, 4) is 0 Å². The number of carbonyl (C=O) groups excluding carboxylic acids is 1. The fourth-order valence-electron chi connectivity index (χ4n) is 0.493. The van der Waals surface area contributed by atoms with Gasteiger partial charge in [0.05, 0.1) is 0 Å². The predicted octanol–water partition coefficient (Wildman–Crippen LogP) is -1.07. The van der Waals surface area contributed by atoms with Crippen molar-refractivity contribution in [3.05, 3.63) is 12.2 Å². The largest absolute Gasteiger partial charge is 0.314 e. The van der Waals surface area contributed by atoms with Crippen molar-refractivity contribution in [2.75, 3.05) is 0 Å². The number of hydrogen-bond acceptors (Lipinski definition) is 4. The molecule has 0 unspecified atom stereocenters. The molecule has 0 saturated carbocycles. The van der Waals surface area contributed by atoms with Gasteiger partial charge in [-0.15, -0.1) is 5.10 Å². The first kappa shape index (κ1) is 6.69. The minimum absolute atomic E-state index is 0.0509. The Labute approximate surface area is 56.4 Å². The van der Waals surface area contributed by atoms with Gasteiger partial charge in [0.15, 0.2) is 0 Å². The Balaban J connectivity index is 2.85. The maximum atomic E-state index is 10.5. The fraction of sp³-hybridized carbons (Fsp3) is 0.250. The van der Waals surface area contributed by atoms with Crippen LogP contribution in [0.2, 0.25) is 0 Å². The number of carbonyl (C=O) groups is 1. The van der Waals surface area contributed by atoms with Crippen LogP contribution in [0.4, 0.5) is 0 Å². The highest BCUT2D eigenvalue weighted by Gasteiger charge is 2.07. The molecule has 0 aliphatic heterocycles. The average molecular weight is 142 g/mol. The zero-order valence-electron chi connectivity index (χ0n) is 5.27. The smallest absolute Gasteiger partial charge is 0.288 e. The van der Waals surface area contributed by atoms with E-state index >= 15 is 0 Å². The van der Waals surface area contributed by atoms with Crippen LogP contribution in [-0.4, -0.2) is 25.9 Å². The minimum Gasteiger partial charge on any atom is -0.288 e. The first-order valence-corrected chi connectivity index (χ1v) is 2.54. The van der Waals surface area contributed by atoms with Crippen LogP contribution in [0.1, 0.15) is 10.6 Å². The van der Waals surface area contributed by atoms with Crippen LogP contribution < -0.4 is 5.48 Å². The third kappa shape index (κ3) is 1.11. The van der Waals surface area contributed by atoms with Crippen molar-refractivity contribution in [3.63, 3.8) is 0 Å². The molecule has 54 valence electrons. The Kier molecular flexibility index (Phi) is 1.63. The van der Waals surface area contributed by atoms with Gasteiger partial charge in [-0.25, -0.2) is 10.5 Å². The molecule has 0 bridgehead atoms. The molecule has 0 fully saturated rings. The molecule has 0 aliphatic rings. The summed E-state index contributed by atoms with van der Waals surface area (Å²) in [5.74, 6) is -0.759. The van der Waals surface area contributed by atoms with E-state index < -0.39 is 5.91 Å². The van der Waals surface area contributed by atoms with E-state index in [0.29, 0.717) is 0 Å². The Hall–Kier alpha value is -1.43. The van der Waals surface area contributed by atoms with Crippen molar-refractivity contribution < 1.29 is 10.0 Å². The first-order chi connectivity index (χ1) is 4.74. The van der Waals surface area contributed by atoms with Crippen LogP contribution in [0.3, 0.4) is 0 Å². The Morgan fingerprint density at radius 1 is 1.90 bits per heavy atom. The molecule has 0 aliphatic carbocycles. The van der Waals surface area contributed by atoms with Crippen molar-refractivity contribution in [1.29, 1.82) is 0 Å². The van der Waals surface area contributed by atoms with E-state index in [1.165, 1.54) is 16.5 Å². The molecule has 0 spiro atoms. The van der Waals surface area contributed by atoms with E-state index in [1.807, 2.05) is 0 Å². The summed E-state index contributed by atoms with van der Waals surface area (Å²) >= 11 is 0. The van der Waals surface area contributed by atoms with Crippen molar-refractivity contribution >= 4 is 5.91 Å². The van der Waals surface area contributed by atoms with E-state index in [-0.39, 0.29) is 5.82 Å². The average Bonchev–Trinajstić information content (AvgIpc) is 2.34. The van der Waals surface area contributed by atoms with Gasteiger partial charge in [-0.1, -0.05) is 0 Å². The van der Waals surface area contributed by atoms with Gasteiger partial charge in [0.2, 0.25) is 5.82 Å². The topological polar surface area (TPSA) is 80.0 Å². The second kappa shape index (κ2) is 2.44. The molecule has 1 amide bonds. The van der Waals surface area contributed by atoms with Crippen molar-refractivity contribution in [2.24, 2.45) is 7.05 Å². The van der Waals surface area contributed by atoms with Crippen LogP contribution in [0, 0.1) is 0 Å². The summed E-state index contributed by atoms with van der Waals surface area (Å²) in [6.45, 7) is 0. The lowest BCUT2D eigenvalue weighted by Crippen LogP contribution is -2.20. The third-order valence-electron chi connectivity index (χ3n) is 0.904. The van der Waals surface area contributed by atoms with Crippen LogP contribution in [0.25, 0.3) is 0 Å². The van der Waals surface area contributed by atoms with Gasteiger partial charge < -0.3 is 0 Å². The number of aromatic nitrogens is 3. The summed E-state index contributed by atoms with van der Waals surface area (Å²) in [5, 5.41) is 11.7. The maximum absolute atomic E-state index is 10.5. The molecular weight excluding hydrogens is 136 g/mol. The highest BCUT2D eigenvalue weighted by Crippen LogP contribution is 1.85. The van der Waals surface area contributed by atoms with Gasteiger partial charge in [0.25, 0.3) is 0 Å². The summed E-state index contributed by atoms with van der Waals surface area (Å²) in [6.07, 6.45) is 1.37. The van der Waals surface area contributed by atoms with Gasteiger partial charge in [-0.05, 0) is 0 Å². The quantitative estimate of drug-likeness (QED) is 0.386. The molecule has 0 saturated heterocycles. The normalized spacial score (nSPS) is 9.40. The highest BCUT2D eigenvalue weighted by atomic mass is 16.5. The van der Waals surface area contributed by atoms with Crippen LogP contribution in [0.5, 0.6) is 0 Å². The summed E-state index contributed by atoms with van der Waals surface area (Å²) in [6, 6.07) is 0. The molecule has 6 nitrogen and oxygen atoms in total. The summed E-state index contributed by atoms with van der Waals surface area (Å²) in [5.41, 5.74) is 1.42. The second-order valence-corrected chi connectivity index (χ2v) is 1.68. The molecule has 0 radical (unpaired) electrons. The Bertz CT molecular complexity index is 243.